The zero-order valence-electron chi connectivity index (χ0n) is 19.8. The third-order valence-corrected chi connectivity index (χ3v) is 6.81. The smallest absolute Gasteiger partial charge is 0.316 e. The van der Waals surface area contributed by atoms with Crippen LogP contribution in [0.4, 0.5) is 10.5 Å². The second-order valence-corrected chi connectivity index (χ2v) is 9.14. The van der Waals surface area contributed by atoms with Crippen molar-refractivity contribution in [3.8, 4) is 5.69 Å². The fourth-order valence-electron chi connectivity index (χ4n) is 5.00. The van der Waals surface area contributed by atoms with Gasteiger partial charge < -0.3 is 21.4 Å². The Bertz CT molecular complexity index is 1240. The predicted molar refractivity (Wildman–Crippen MR) is 138 cm³/mol. The first-order valence-electron chi connectivity index (χ1n) is 12.2. The van der Waals surface area contributed by atoms with Gasteiger partial charge in [-0.15, -0.1) is 10.2 Å². The zero-order chi connectivity index (χ0) is 24.0. The Morgan fingerprint density at radius 2 is 1.86 bits per heavy atom. The molecule has 2 aromatic carbocycles. The van der Waals surface area contributed by atoms with E-state index in [-0.39, 0.29) is 0 Å². The van der Waals surface area contributed by atoms with Gasteiger partial charge in [-0.05, 0) is 67.1 Å². The summed E-state index contributed by atoms with van der Waals surface area (Å²) in [5.41, 5.74) is 10.8. The van der Waals surface area contributed by atoms with Crippen LogP contribution in [0.3, 0.4) is 0 Å². The average Bonchev–Trinajstić information content (AvgIpc) is 3.55. The number of hydrogen-bond acceptors (Lipinski definition) is 5. The number of urea groups is 1. The van der Waals surface area contributed by atoms with Crippen LogP contribution in [-0.4, -0.2) is 62.9 Å². The van der Waals surface area contributed by atoms with Gasteiger partial charge in [0.25, 0.3) is 0 Å². The summed E-state index contributed by atoms with van der Waals surface area (Å²) in [5.74, 6) is 0. The fourth-order valence-corrected chi connectivity index (χ4v) is 5.00. The summed E-state index contributed by atoms with van der Waals surface area (Å²) in [4.78, 5) is 17.1. The van der Waals surface area contributed by atoms with Crippen LogP contribution in [0, 0.1) is 0 Å². The first-order valence-corrected chi connectivity index (χ1v) is 12.2. The second kappa shape index (κ2) is 10.7. The number of hydrogen-bond donors (Lipinski definition) is 4. The van der Waals surface area contributed by atoms with Gasteiger partial charge in [0.1, 0.15) is 12.7 Å². The summed E-state index contributed by atoms with van der Waals surface area (Å²) in [5, 5.41) is 15.2. The molecule has 1 atom stereocenters. The maximum atomic E-state index is 11.1. The van der Waals surface area contributed by atoms with Crippen LogP contribution < -0.4 is 16.4 Å². The molecule has 0 bridgehead atoms. The van der Waals surface area contributed by atoms with E-state index in [9.17, 15) is 4.79 Å². The van der Waals surface area contributed by atoms with E-state index in [0.717, 1.165) is 68.8 Å². The van der Waals surface area contributed by atoms with Crippen molar-refractivity contribution in [3.05, 3.63) is 72.4 Å². The fraction of sp³-hybridized carbons (Fsp3) is 0.346. The molecule has 5 rings (SSSR count). The van der Waals surface area contributed by atoms with E-state index in [1.807, 2.05) is 16.7 Å². The summed E-state index contributed by atoms with van der Waals surface area (Å²) in [6.45, 7) is 4.21. The molecular weight excluding hydrogens is 440 g/mol. The molecule has 182 valence electrons. The van der Waals surface area contributed by atoms with Gasteiger partial charge in [-0.2, -0.15) is 0 Å². The lowest BCUT2D eigenvalue weighted by molar-refractivity contribution is 0.162. The molecule has 9 nitrogen and oxygen atoms in total. The quantitative estimate of drug-likeness (QED) is 0.299. The summed E-state index contributed by atoms with van der Waals surface area (Å²) in [6.07, 6.45) is 9.84. The number of nitrogens with one attached hydrogen (secondary N) is 3. The number of nitrogens with zero attached hydrogens (tertiary/aromatic N) is 4. The van der Waals surface area contributed by atoms with Gasteiger partial charge in [-0.1, -0.05) is 12.1 Å². The first kappa shape index (κ1) is 23.1. The number of piperazine rings is 1. The van der Waals surface area contributed by atoms with Gasteiger partial charge in [0.05, 0.1) is 0 Å². The first-order chi connectivity index (χ1) is 17.2. The molecule has 2 aromatic heterocycles. The summed E-state index contributed by atoms with van der Waals surface area (Å²) in [6, 6.07) is 14.4. The molecule has 0 radical (unpaired) electrons. The van der Waals surface area contributed by atoms with Crippen molar-refractivity contribution in [1.29, 1.82) is 0 Å². The van der Waals surface area contributed by atoms with E-state index in [1.54, 1.807) is 12.7 Å². The highest BCUT2D eigenvalue weighted by atomic mass is 16.2. The van der Waals surface area contributed by atoms with Gasteiger partial charge in [0.15, 0.2) is 0 Å². The largest absolute Gasteiger partial charge is 0.361 e. The predicted octanol–water partition coefficient (Wildman–Crippen LogP) is 3.08. The normalized spacial score (nSPS) is 15.3. The van der Waals surface area contributed by atoms with Gasteiger partial charge >= 0.3 is 6.03 Å². The minimum absolute atomic E-state index is 0.477. The Morgan fingerprint density at radius 3 is 2.60 bits per heavy atom. The number of rotatable bonds is 9. The molecule has 0 spiro atoms. The lowest BCUT2D eigenvalue weighted by atomic mass is 9.97. The summed E-state index contributed by atoms with van der Waals surface area (Å²) >= 11 is 0. The Hall–Kier alpha value is -3.69. The molecule has 1 aliphatic rings. The molecule has 5 N–H and O–H groups in total. The Morgan fingerprint density at radius 1 is 1.09 bits per heavy atom. The third-order valence-electron chi connectivity index (χ3n) is 6.81. The molecule has 1 aliphatic heterocycles. The van der Waals surface area contributed by atoms with Gasteiger partial charge in [-0.3, -0.25) is 9.47 Å². The van der Waals surface area contributed by atoms with Crippen LogP contribution in [0.2, 0.25) is 0 Å². The molecule has 0 saturated carbocycles. The number of anilines is 1. The Balaban J connectivity index is 1.26. The molecule has 1 unspecified atom stereocenters. The SMILES string of the molecule is NC(=O)Nc1ccc(CC(CCCc2c[nH]c3ccc(-n4cnnc4)cc23)N2CCNCC2)cc1. The van der Waals surface area contributed by atoms with Crippen LogP contribution in [0.25, 0.3) is 16.6 Å². The number of H-pyrrole nitrogens is 1. The van der Waals surface area contributed by atoms with Crippen molar-refractivity contribution < 1.29 is 4.79 Å². The average molecular weight is 473 g/mol. The Labute approximate surface area is 204 Å². The van der Waals surface area contributed by atoms with Gasteiger partial charge in [0.2, 0.25) is 0 Å². The minimum Gasteiger partial charge on any atom is -0.361 e. The monoisotopic (exact) mass is 472 g/mol. The maximum absolute atomic E-state index is 11.1. The molecule has 35 heavy (non-hydrogen) atoms. The number of carbonyl (C=O) groups excluding carboxylic acids is 1. The second-order valence-electron chi connectivity index (χ2n) is 9.14. The molecule has 4 aromatic rings. The minimum atomic E-state index is -0.539. The zero-order valence-corrected chi connectivity index (χ0v) is 19.8. The number of aromatic amines is 1. The molecule has 9 heteroatoms. The number of fused-ring (bicyclic) bond motifs is 1. The number of carbonyl (C=O) groups is 1. The Kier molecular flexibility index (Phi) is 7.06. The van der Waals surface area contributed by atoms with Crippen LogP contribution in [0.5, 0.6) is 0 Å². The number of aryl methyl sites for hydroxylation is 1. The van der Waals surface area contributed by atoms with Crippen LogP contribution in [-0.2, 0) is 12.8 Å². The topological polar surface area (TPSA) is 117 Å². The molecular formula is C26H32N8O. The van der Waals surface area contributed by atoms with E-state index in [2.05, 4.69) is 67.2 Å². The number of benzene rings is 2. The standard InChI is InChI=1S/C26H32N8O/c27-26(35)32-21-6-4-19(5-7-21)14-22(33-12-10-28-11-13-33)3-1-2-20-16-29-25-9-8-23(15-24(20)25)34-17-30-31-18-34/h4-9,15-18,22,28-29H,1-3,10-14H2,(H3,27,32,35). The number of aromatic nitrogens is 4. The van der Waals surface area contributed by atoms with Crippen molar-refractivity contribution in [3.63, 3.8) is 0 Å². The van der Waals surface area contributed by atoms with E-state index in [0.29, 0.717) is 6.04 Å². The van der Waals surface area contributed by atoms with Gasteiger partial charge in [0, 0.05) is 60.7 Å². The number of primary amides is 1. The number of nitrogens with two attached hydrogens (primary N) is 1. The van der Waals surface area contributed by atoms with E-state index < -0.39 is 6.03 Å². The highest BCUT2D eigenvalue weighted by Gasteiger charge is 2.21. The summed E-state index contributed by atoms with van der Waals surface area (Å²) < 4.78 is 1.93. The highest BCUT2D eigenvalue weighted by molar-refractivity contribution is 5.87. The van der Waals surface area contributed by atoms with E-state index in [1.165, 1.54) is 16.5 Å². The van der Waals surface area contributed by atoms with Crippen molar-refractivity contribution >= 4 is 22.6 Å². The number of amides is 2. The van der Waals surface area contributed by atoms with Crippen molar-refractivity contribution in [2.45, 2.75) is 31.7 Å². The molecule has 1 fully saturated rings. The van der Waals surface area contributed by atoms with Crippen LogP contribution in [0.1, 0.15) is 24.0 Å². The van der Waals surface area contributed by atoms with Crippen LogP contribution >= 0.6 is 0 Å². The van der Waals surface area contributed by atoms with Gasteiger partial charge in [-0.25, -0.2) is 4.79 Å². The van der Waals surface area contributed by atoms with Crippen molar-refractivity contribution in [2.24, 2.45) is 5.73 Å². The maximum Gasteiger partial charge on any atom is 0.316 e. The van der Waals surface area contributed by atoms with Crippen molar-refractivity contribution in [1.82, 2.24) is 30.0 Å². The lowest BCUT2D eigenvalue weighted by Crippen LogP contribution is -2.49. The van der Waals surface area contributed by atoms with E-state index in [4.69, 9.17) is 5.73 Å². The van der Waals surface area contributed by atoms with E-state index >= 15 is 0 Å². The van der Waals surface area contributed by atoms with Crippen molar-refractivity contribution in [2.75, 3.05) is 31.5 Å². The third kappa shape index (κ3) is 5.70. The molecule has 3 heterocycles. The summed E-state index contributed by atoms with van der Waals surface area (Å²) in [7, 11) is 0. The lowest BCUT2D eigenvalue weighted by Gasteiger charge is -2.35. The molecule has 0 aliphatic carbocycles. The molecule has 2 amide bonds. The highest BCUT2D eigenvalue weighted by Crippen LogP contribution is 2.24. The molecule has 1 saturated heterocycles. The van der Waals surface area contributed by atoms with Crippen LogP contribution in [0.15, 0.2) is 61.3 Å².